The normalized spacial score (nSPS) is 39.6. The average Bonchev–Trinajstić information content (AvgIpc) is 2.68. The van der Waals surface area contributed by atoms with Crippen molar-refractivity contribution in [3.8, 4) is 0 Å². The van der Waals surface area contributed by atoms with E-state index in [1.54, 1.807) is 0 Å². The number of carbonyl (C=O) groups excluding carboxylic acids is 1. The van der Waals surface area contributed by atoms with Crippen molar-refractivity contribution < 1.29 is 4.79 Å². The van der Waals surface area contributed by atoms with Crippen molar-refractivity contribution in [3.05, 3.63) is 0 Å². The minimum absolute atomic E-state index is 0.280. The summed E-state index contributed by atoms with van der Waals surface area (Å²) in [7, 11) is 0. The Balaban J connectivity index is 1.86. The molecular weight excluding hydrogens is 200 g/mol. The molecule has 0 spiro atoms. The fourth-order valence-electron chi connectivity index (χ4n) is 3.05. The van der Waals surface area contributed by atoms with Crippen LogP contribution in [-0.4, -0.2) is 25.0 Å². The van der Waals surface area contributed by atoms with E-state index in [-0.39, 0.29) is 5.92 Å². The van der Waals surface area contributed by atoms with Crippen LogP contribution in [0.25, 0.3) is 0 Å². The predicted octanol–water partition coefficient (Wildman–Crippen LogP) is 1.54. The van der Waals surface area contributed by atoms with Crippen molar-refractivity contribution in [2.75, 3.05) is 13.1 Å². The zero-order valence-electron chi connectivity index (χ0n) is 10.5. The van der Waals surface area contributed by atoms with E-state index in [0.29, 0.717) is 23.8 Å². The lowest BCUT2D eigenvalue weighted by atomic mass is 9.92. The van der Waals surface area contributed by atoms with Gasteiger partial charge in [0, 0.05) is 12.0 Å². The maximum atomic E-state index is 12.1. The van der Waals surface area contributed by atoms with Gasteiger partial charge in [0.15, 0.2) is 0 Å². The van der Waals surface area contributed by atoms with E-state index in [9.17, 15) is 4.79 Å². The van der Waals surface area contributed by atoms with Crippen LogP contribution in [0, 0.1) is 17.8 Å². The maximum Gasteiger partial charge on any atom is 0.223 e. The van der Waals surface area contributed by atoms with Crippen LogP contribution in [0.4, 0.5) is 0 Å². The summed E-state index contributed by atoms with van der Waals surface area (Å²) in [4.78, 5) is 12.1. The molecule has 3 nitrogen and oxygen atoms in total. The molecule has 0 aromatic heterocycles. The van der Waals surface area contributed by atoms with Gasteiger partial charge in [0.2, 0.25) is 5.91 Å². The predicted molar refractivity (Wildman–Crippen MR) is 65.1 cm³/mol. The molecule has 0 bridgehead atoms. The summed E-state index contributed by atoms with van der Waals surface area (Å²) in [6, 6.07) is 0.390. The lowest BCUT2D eigenvalue weighted by Crippen LogP contribution is -2.50. The molecule has 2 rings (SSSR count). The van der Waals surface area contributed by atoms with Gasteiger partial charge < -0.3 is 10.6 Å². The molecule has 0 aromatic rings. The van der Waals surface area contributed by atoms with Gasteiger partial charge >= 0.3 is 0 Å². The van der Waals surface area contributed by atoms with E-state index in [0.717, 1.165) is 25.9 Å². The van der Waals surface area contributed by atoms with Crippen LogP contribution in [0.5, 0.6) is 0 Å². The summed E-state index contributed by atoms with van der Waals surface area (Å²) in [5.74, 6) is 1.73. The first-order valence-corrected chi connectivity index (χ1v) is 6.69. The van der Waals surface area contributed by atoms with E-state index < -0.39 is 0 Å². The molecule has 16 heavy (non-hydrogen) atoms. The molecule has 1 aliphatic carbocycles. The lowest BCUT2D eigenvalue weighted by Gasteiger charge is -2.31. The molecule has 4 unspecified atom stereocenters. The molecule has 92 valence electrons. The molecule has 2 fully saturated rings. The quantitative estimate of drug-likeness (QED) is 0.747. The Bertz CT molecular complexity index is 254. The van der Waals surface area contributed by atoms with Gasteiger partial charge in [-0.2, -0.15) is 0 Å². The molecule has 1 amide bonds. The van der Waals surface area contributed by atoms with E-state index in [1.165, 1.54) is 12.8 Å². The fraction of sp³-hybridized carbons (Fsp3) is 0.923. The Morgan fingerprint density at radius 1 is 1.19 bits per heavy atom. The second-order valence-corrected chi connectivity index (χ2v) is 5.60. The van der Waals surface area contributed by atoms with E-state index in [1.807, 2.05) is 0 Å². The third kappa shape index (κ3) is 2.57. The molecule has 1 saturated carbocycles. The smallest absolute Gasteiger partial charge is 0.223 e. The third-order valence-electron chi connectivity index (χ3n) is 4.31. The van der Waals surface area contributed by atoms with Crippen LogP contribution >= 0.6 is 0 Å². The number of amides is 1. The molecule has 1 heterocycles. The fourth-order valence-corrected chi connectivity index (χ4v) is 3.05. The molecule has 4 atom stereocenters. The Labute approximate surface area is 98.4 Å². The maximum absolute atomic E-state index is 12.1. The molecule has 2 N–H and O–H groups in total. The monoisotopic (exact) mass is 224 g/mol. The number of hydrogen-bond donors (Lipinski definition) is 2. The van der Waals surface area contributed by atoms with Crippen LogP contribution in [0.15, 0.2) is 0 Å². The second kappa shape index (κ2) is 5.17. The van der Waals surface area contributed by atoms with Gasteiger partial charge in [-0.1, -0.05) is 20.3 Å². The highest BCUT2D eigenvalue weighted by molar-refractivity contribution is 5.79. The first kappa shape index (κ1) is 11.9. The van der Waals surface area contributed by atoms with Crippen molar-refractivity contribution in [1.82, 2.24) is 10.6 Å². The average molecular weight is 224 g/mol. The highest BCUT2D eigenvalue weighted by atomic mass is 16.2. The van der Waals surface area contributed by atoms with E-state index in [4.69, 9.17) is 0 Å². The minimum atomic E-state index is 0.280. The molecule has 1 saturated heterocycles. The topological polar surface area (TPSA) is 41.1 Å². The molecule has 2 aliphatic rings. The summed E-state index contributed by atoms with van der Waals surface area (Å²) < 4.78 is 0. The summed E-state index contributed by atoms with van der Waals surface area (Å²) >= 11 is 0. The van der Waals surface area contributed by atoms with Gasteiger partial charge in [0.1, 0.15) is 0 Å². The van der Waals surface area contributed by atoms with Crippen molar-refractivity contribution in [2.45, 2.75) is 45.6 Å². The molecule has 0 aromatic carbocycles. The van der Waals surface area contributed by atoms with Crippen LogP contribution < -0.4 is 10.6 Å². The van der Waals surface area contributed by atoms with Gasteiger partial charge in [-0.25, -0.2) is 0 Å². The molecule has 0 radical (unpaired) electrons. The van der Waals surface area contributed by atoms with Gasteiger partial charge in [0.05, 0.1) is 0 Å². The van der Waals surface area contributed by atoms with Crippen LogP contribution in [0.3, 0.4) is 0 Å². The van der Waals surface area contributed by atoms with Gasteiger partial charge in [-0.05, 0) is 44.2 Å². The number of hydrogen-bond acceptors (Lipinski definition) is 2. The Hall–Kier alpha value is -0.570. The number of rotatable bonds is 2. The minimum Gasteiger partial charge on any atom is -0.353 e. The molecular formula is C13H24N2O. The first-order valence-electron chi connectivity index (χ1n) is 6.69. The first-order chi connectivity index (χ1) is 7.68. The zero-order valence-corrected chi connectivity index (χ0v) is 10.5. The van der Waals surface area contributed by atoms with Crippen molar-refractivity contribution >= 4 is 5.91 Å². The zero-order chi connectivity index (χ0) is 11.5. The summed E-state index contributed by atoms with van der Waals surface area (Å²) in [5.41, 5.74) is 0. The summed E-state index contributed by atoms with van der Waals surface area (Å²) in [6.07, 6.45) is 4.61. The largest absolute Gasteiger partial charge is 0.353 e. The number of carbonyl (C=O) groups is 1. The van der Waals surface area contributed by atoms with Gasteiger partial charge in [0.25, 0.3) is 0 Å². The van der Waals surface area contributed by atoms with Gasteiger partial charge in [-0.15, -0.1) is 0 Å². The standard InChI is InChI=1S/C13H24N2O/c1-9-4-3-5-11(9)13(16)15-12-6-7-14-8-10(12)2/h9-12,14H,3-8H2,1-2H3,(H,15,16). The molecule has 3 heteroatoms. The molecule has 1 aliphatic heterocycles. The van der Waals surface area contributed by atoms with Crippen molar-refractivity contribution in [1.29, 1.82) is 0 Å². The van der Waals surface area contributed by atoms with E-state index in [2.05, 4.69) is 24.5 Å². The Morgan fingerprint density at radius 3 is 2.62 bits per heavy atom. The van der Waals surface area contributed by atoms with Crippen molar-refractivity contribution in [2.24, 2.45) is 17.8 Å². The third-order valence-corrected chi connectivity index (χ3v) is 4.31. The highest BCUT2D eigenvalue weighted by Gasteiger charge is 2.32. The van der Waals surface area contributed by atoms with Crippen LogP contribution in [0.1, 0.15) is 39.5 Å². The second-order valence-electron chi connectivity index (χ2n) is 5.60. The summed E-state index contributed by atoms with van der Waals surface area (Å²) in [6.45, 7) is 6.50. The van der Waals surface area contributed by atoms with Crippen molar-refractivity contribution in [3.63, 3.8) is 0 Å². The number of piperidine rings is 1. The highest BCUT2D eigenvalue weighted by Crippen LogP contribution is 2.31. The Kier molecular flexibility index (Phi) is 3.85. The van der Waals surface area contributed by atoms with Gasteiger partial charge in [-0.3, -0.25) is 4.79 Å². The Morgan fingerprint density at radius 2 is 2.00 bits per heavy atom. The lowest BCUT2D eigenvalue weighted by molar-refractivity contribution is -0.127. The summed E-state index contributed by atoms with van der Waals surface area (Å²) in [5, 5.41) is 6.63. The number of nitrogens with one attached hydrogen (secondary N) is 2. The van der Waals surface area contributed by atoms with E-state index >= 15 is 0 Å². The SMILES string of the molecule is CC1CNCCC1NC(=O)C1CCCC1C. The van der Waals surface area contributed by atoms with Crippen LogP contribution in [-0.2, 0) is 4.79 Å². The van der Waals surface area contributed by atoms with Crippen LogP contribution in [0.2, 0.25) is 0 Å².